The minimum Gasteiger partial charge on any atom is -0.497 e. The molecule has 8 rings (SSSR count). The summed E-state index contributed by atoms with van der Waals surface area (Å²) >= 11 is 0. The molecule has 5 aromatic rings. The highest BCUT2D eigenvalue weighted by molar-refractivity contribution is 6.10. The summed E-state index contributed by atoms with van der Waals surface area (Å²) in [4.78, 5) is 30.5. The van der Waals surface area contributed by atoms with Crippen LogP contribution in [0.25, 0.3) is 10.8 Å². The van der Waals surface area contributed by atoms with Gasteiger partial charge in [-0.05, 0) is 122 Å². The van der Waals surface area contributed by atoms with Crippen molar-refractivity contribution in [3.05, 3.63) is 148 Å². The summed E-state index contributed by atoms with van der Waals surface area (Å²) in [6.45, 7) is 3.87. The number of ketones is 1. The number of nitrogens with zero attached hydrogens (tertiary/aromatic N) is 1. The number of hydrogen-bond acceptors (Lipinski definition) is 7. The number of hydrogen-bond donors (Lipinski definition) is 2. The Hall–Kier alpha value is -5.65. The molecule has 0 spiro atoms. The van der Waals surface area contributed by atoms with Crippen molar-refractivity contribution < 1.29 is 47.2 Å². The first kappa shape index (κ1) is 43.4. The van der Waals surface area contributed by atoms with Crippen LogP contribution in [0, 0.1) is 5.41 Å². The lowest BCUT2D eigenvalue weighted by Crippen LogP contribution is -2.54. The summed E-state index contributed by atoms with van der Waals surface area (Å²) in [6, 6.07) is 28.2. The molecule has 1 amide bonds. The van der Waals surface area contributed by atoms with E-state index in [1.807, 2.05) is 56.3 Å². The van der Waals surface area contributed by atoms with Gasteiger partial charge in [0.1, 0.15) is 17.2 Å². The molecule has 0 unspecified atom stereocenters. The van der Waals surface area contributed by atoms with Crippen LogP contribution in [0.4, 0.5) is 18.0 Å². The predicted octanol–water partition coefficient (Wildman–Crippen LogP) is 10.8. The Kier molecular flexibility index (Phi) is 12.6. The van der Waals surface area contributed by atoms with Gasteiger partial charge in [0.05, 0.1) is 44.6 Å². The van der Waals surface area contributed by atoms with Gasteiger partial charge in [0, 0.05) is 28.2 Å². The van der Waals surface area contributed by atoms with E-state index in [9.17, 15) is 33.0 Å². The van der Waals surface area contributed by atoms with Crippen molar-refractivity contribution in [2.75, 3.05) is 20.8 Å². The normalized spacial score (nSPS) is 21.9. The number of methoxy groups -OCH3 is 2. The number of carbonyl (C=O) groups is 2. The van der Waals surface area contributed by atoms with Gasteiger partial charge in [0.2, 0.25) is 0 Å². The Labute approximate surface area is 354 Å². The Morgan fingerprint density at radius 1 is 0.852 bits per heavy atom. The highest BCUT2D eigenvalue weighted by Gasteiger charge is 2.58. The molecular weight excluding hydrogens is 784 g/mol. The monoisotopic (exact) mass is 835 g/mol. The van der Waals surface area contributed by atoms with Crippen LogP contribution in [0.5, 0.6) is 17.2 Å². The maximum atomic E-state index is 14.5. The zero-order valence-corrected chi connectivity index (χ0v) is 34.9. The summed E-state index contributed by atoms with van der Waals surface area (Å²) in [5.41, 5.74) is -0.302. The fraction of sp³-hybridized carbons (Fsp3) is 0.360. The van der Waals surface area contributed by atoms with Crippen molar-refractivity contribution >= 4 is 22.6 Å². The van der Waals surface area contributed by atoms with Gasteiger partial charge < -0.3 is 29.3 Å². The smallest absolute Gasteiger partial charge is 0.416 e. The molecule has 3 aliphatic carbocycles. The molecule has 320 valence electrons. The third kappa shape index (κ3) is 9.33. The van der Waals surface area contributed by atoms with Gasteiger partial charge in [-0.1, -0.05) is 73.2 Å². The molecule has 3 aliphatic rings. The molecule has 0 radical (unpaired) electrons. The molecule has 2 N–H and O–H groups in total. The van der Waals surface area contributed by atoms with E-state index in [1.54, 1.807) is 43.5 Å². The standard InChI is InChI=1S/C50H52F3NO7/c1-32-9-8-23-48(2)44(42-21-15-33(25-39(55)18-14-32)26-43(42)46(56)36-12-7-13-38(27-36)50(51,52)53)22-24-49(48,58)31-54(30-37-17-19-40(59-3)29-45(37)60-4)47(57)61-41-20-16-34-10-5-6-11-35(34)28-41/h5-7,9-13,15-17,19-21,26-29,39,44,55,58H,8,14,18,22-25,30-31H2,1-4H3/t39-,44-,48-,49+/m0/s1. The lowest BCUT2D eigenvalue weighted by atomic mass is 9.64. The van der Waals surface area contributed by atoms with Crippen LogP contribution in [0.3, 0.4) is 0 Å². The highest BCUT2D eigenvalue weighted by atomic mass is 19.4. The molecule has 1 saturated carbocycles. The third-order valence-corrected chi connectivity index (χ3v) is 12.9. The minimum absolute atomic E-state index is 0.0119. The number of carbonyl (C=O) groups excluding carboxylic acids is 2. The van der Waals surface area contributed by atoms with Crippen molar-refractivity contribution in [1.29, 1.82) is 0 Å². The molecule has 4 atom stereocenters. The number of aliphatic hydroxyl groups is 2. The fourth-order valence-corrected chi connectivity index (χ4v) is 9.27. The second-order valence-corrected chi connectivity index (χ2v) is 16.8. The van der Waals surface area contributed by atoms with Gasteiger partial charge in [-0.15, -0.1) is 0 Å². The SMILES string of the molecule is COc1ccc(CN(C[C@]2(O)CC[C@H]3c4ccc(cc4C(=O)c4cccc(C(F)(F)F)c4)C[C@@H](O)CCC(C)=CCC[C@@]32C)C(=O)Oc2ccc3ccccc3c2)c(OC)c1. The third-order valence-electron chi connectivity index (χ3n) is 12.9. The maximum absolute atomic E-state index is 14.5. The number of benzene rings is 5. The molecule has 0 heterocycles. The largest absolute Gasteiger partial charge is 0.497 e. The van der Waals surface area contributed by atoms with Gasteiger partial charge in [-0.25, -0.2) is 4.79 Å². The number of alkyl halides is 3. The van der Waals surface area contributed by atoms with E-state index in [-0.39, 0.29) is 37.1 Å². The van der Waals surface area contributed by atoms with Crippen molar-refractivity contribution in [2.45, 2.75) is 89.1 Å². The Balaban J connectivity index is 1.31. The first-order valence-electron chi connectivity index (χ1n) is 20.7. The maximum Gasteiger partial charge on any atom is 0.416 e. The number of allylic oxidation sites excluding steroid dienone is 2. The molecule has 8 nitrogen and oxygen atoms in total. The number of fused-ring (bicyclic) bond motifs is 9. The summed E-state index contributed by atoms with van der Waals surface area (Å²) < 4.78 is 58.9. The van der Waals surface area contributed by atoms with E-state index in [0.29, 0.717) is 66.0 Å². The summed E-state index contributed by atoms with van der Waals surface area (Å²) in [7, 11) is 3.08. The first-order valence-corrected chi connectivity index (χ1v) is 20.7. The van der Waals surface area contributed by atoms with Crippen LogP contribution in [-0.4, -0.2) is 59.5 Å². The second kappa shape index (κ2) is 17.8. The lowest BCUT2D eigenvalue weighted by molar-refractivity contribution is -0.137. The van der Waals surface area contributed by atoms with Gasteiger partial charge in [-0.3, -0.25) is 4.79 Å². The molecule has 2 bridgehead atoms. The molecule has 0 aromatic heterocycles. The van der Waals surface area contributed by atoms with Crippen molar-refractivity contribution in [2.24, 2.45) is 5.41 Å². The second-order valence-electron chi connectivity index (χ2n) is 16.8. The van der Waals surface area contributed by atoms with Crippen LogP contribution < -0.4 is 14.2 Å². The summed E-state index contributed by atoms with van der Waals surface area (Å²) in [5.74, 6) is 0.345. The van der Waals surface area contributed by atoms with E-state index >= 15 is 0 Å². The topological polar surface area (TPSA) is 106 Å². The average Bonchev–Trinajstić information content (AvgIpc) is 3.50. The minimum atomic E-state index is -4.65. The van der Waals surface area contributed by atoms with Crippen molar-refractivity contribution in [3.8, 4) is 17.2 Å². The quantitative estimate of drug-likeness (QED) is 0.113. The lowest BCUT2D eigenvalue weighted by Gasteiger charge is -2.46. The average molecular weight is 836 g/mol. The molecule has 0 aliphatic heterocycles. The Morgan fingerprint density at radius 3 is 2.38 bits per heavy atom. The zero-order valence-electron chi connectivity index (χ0n) is 34.9. The number of amides is 1. The molecule has 61 heavy (non-hydrogen) atoms. The first-order chi connectivity index (χ1) is 29.1. The summed E-state index contributed by atoms with van der Waals surface area (Å²) in [6.07, 6.45) is -0.877. The van der Waals surface area contributed by atoms with E-state index in [2.05, 4.69) is 6.08 Å². The van der Waals surface area contributed by atoms with Crippen LogP contribution in [0.15, 0.2) is 115 Å². The molecule has 5 aromatic carbocycles. The number of ether oxygens (including phenoxy) is 3. The Morgan fingerprint density at radius 2 is 1.62 bits per heavy atom. The predicted molar refractivity (Wildman–Crippen MR) is 228 cm³/mol. The summed E-state index contributed by atoms with van der Waals surface area (Å²) in [5, 5.41) is 26.1. The van der Waals surface area contributed by atoms with E-state index in [1.165, 1.54) is 24.1 Å². The van der Waals surface area contributed by atoms with E-state index in [0.717, 1.165) is 28.5 Å². The molecule has 11 heteroatoms. The molecular formula is C50H52F3NO7. The highest BCUT2D eigenvalue weighted by Crippen LogP contribution is 2.59. The molecule has 1 fully saturated rings. The van der Waals surface area contributed by atoms with Gasteiger partial charge in [-0.2, -0.15) is 13.2 Å². The number of halogens is 3. The Bertz CT molecular complexity index is 2450. The van der Waals surface area contributed by atoms with E-state index < -0.39 is 46.7 Å². The zero-order chi connectivity index (χ0) is 43.5. The number of rotatable bonds is 9. The van der Waals surface area contributed by atoms with Crippen LogP contribution in [-0.2, 0) is 19.1 Å². The number of aliphatic hydroxyl groups excluding tert-OH is 1. The fourth-order valence-electron chi connectivity index (χ4n) is 9.27. The van der Waals surface area contributed by atoms with Gasteiger partial charge in [0.15, 0.2) is 5.78 Å². The van der Waals surface area contributed by atoms with Crippen LogP contribution >= 0.6 is 0 Å². The van der Waals surface area contributed by atoms with Crippen molar-refractivity contribution in [1.82, 2.24) is 4.90 Å². The van der Waals surface area contributed by atoms with Crippen LogP contribution in [0.2, 0.25) is 0 Å². The van der Waals surface area contributed by atoms with E-state index in [4.69, 9.17) is 14.2 Å². The van der Waals surface area contributed by atoms with Crippen LogP contribution in [0.1, 0.15) is 96.5 Å². The van der Waals surface area contributed by atoms with Gasteiger partial charge >= 0.3 is 12.3 Å². The molecule has 0 saturated heterocycles. The van der Waals surface area contributed by atoms with Gasteiger partial charge in [0.25, 0.3) is 0 Å². The van der Waals surface area contributed by atoms with Crippen molar-refractivity contribution in [3.63, 3.8) is 0 Å².